The molecule has 1 aromatic carbocycles. The zero-order valence-corrected chi connectivity index (χ0v) is 8.82. The molecule has 1 heterocycles. The molecule has 0 atom stereocenters. The molecule has 78 valence electrons. The average molecular weight is 203 g/mol. The maximum absolute atomic E-state index is 9.09. The van der Waals surface area contributed by atoms with Crippen molar-refractivity contribution in [2.24, 2.45) is 0 Å². The number of hydrogen-bond acceptors (Lipinski definition) is 3. The number of rotatable bonds is 2. The van der Waals surface area contributed by atoms with Gasteiger partial charge >= 0.3 is 0 Å². The summed E-state index contributed by atoms with van der Waals surface area (Å²) < 4.78 is 5.43. The maximum Gasteiger partial charge on any atom is 0.223 e. The number of oxazole rings is 1. The molecule has 0 spiro atoms. The molecule has 2 rings (SSSR count). The van der Waals surface area contributed by atoms with E-state index in [0.717, 1.165) is 17.5 Å². The summed E-state index contributed by atoms with van der Waals surface area (Å²) in [7, 11) is 0. The van der Waals surface area contributed by atoms with Gasteiger partial charge in [0, 0.05) is 6.08 Å². The first-order valence-corrected chi connectivity index (χ1v) is 4.96. The van der Waals surface area contributed by atoms with Gasteiger partial charge in [0.25, 0.3) is 0 Å². The van der Waals surface area contributed by atoms with Gasteiger partial charge in [0.2, 0.25) is 5.89 Å². The highest BCUT2D eigenvalue weighted by Gasteiger charge is 2.04. The predicted molar refractivity (Wildman–Crippen MR) is 59.7 cm³/mol. The van der Waals surface area contributed by atoms with Crippen LogP contribution in [0.1, 0.15) is 25.3 Å². The Morgan fingerprint density at radius 3 is 3.00 bits per heavy atom. The first kappa shape index (κ1) is 9.77. The van der Waals surface area contributed by atoms with Crippen LogP contribution in [-0.2, 0) is 6.42 Å². The fourth-order valence-electron chi connectivity index (χ4n) is 1.45. The van der Waals surface area contributed by atoms with E-state index in [0.29, 0.717) is 5.89 Å². The van der Waals surface area contributed by atoms with Gasteiger partial charge in [-0.1, -0.05) is 13.0 Å². The van der Waals surface area contributed by atoms with Crippen LogP contribution in [0, 0.1) is 0 Å². The molecular weight excluding hydrogens is 190 g/mol. The van der Waals surface area contributed by atoms with Gasteiger partial charge in [-0.2, -0.15) is 0 Å². The van der Waals surface area contributed by atoms with Gasteiger partial charge in [-0.3, -0.25) is 0 Å². The zero-order valence-electron chi connectivity index (χ0n) is 8.82. The number of fused-ring (bicyclic) bond motifs is 1. The minimum absolute atomic E-state index is 0.192. The Hall–Kier alpha value is -1.77. The van der Waals surface area contributed by atoms with E-state index in [2.05, 4.69) is 11.9 Å². The van der Waals surface area contributed by atoms with Crippen molar-refractivity contribution in [1.82, 2.24) is 4.98 Å². The molecule has 0 radical (unpaired) electrons. The SMILES string of the molecule is CCc1ccc2oc(/C=C(/C)O)nc2c1. The van der Waals surface area contributed by atoms with E-state index >= 15 is 0 Å². The summed E-state index contributed by atoms with van der Waals surface area (Å²) in [6.45, 7) is 3.69. The minimum atomic E-state index is 0.192. The molecule has 0 saturated carbocycles. The monoisotopic (exact) mass is 203 g/mol. The van der Waals surface area contributed by atoms with Crippen molar-refractivity contribution in [2.75, 3.05) is 0 Å². The highest BCUT2D eigenvalue weighted by Crippen LogP contribution is 2.18. The summed E-state index contributed by atoms with van der Waals surface area (Å²) in [6, 6.07) is 5.93. The molecule has 1 N–H and O–H groups in total. The molecule has 2 aromatic rings. The molecule has 0 amide bonds. The Labute approximate surface area is 88.1 Å². The molecule has 0 saturated heterocycles. The zero-order chi connectivity index (χ0) is 10.8. The fourth-order valence-corrected chi connectivity index (χ4v) is 1.45. The summed E-state index contributed by atoms with van der Waals surface area (Å²) in [4.78, 5) is 4.26. The Morgan fingerprint density at radius 2 is 2.33 bits per heavy atom. The molecule has 3 heteroatoms. The number of hydrogen-bond donors (Lipinski definition) is 1. The van der Waals surface area contributed by atoms with Crippen LogP contribution in [0.15, 0.2) is 28.4 Å². The van der Waals surface area contributed by atoms with Gasteiger partial charge in [-0.15, -0.1) is 0 Å². The summed E-state index contributed by atoms with van der Waals surface area (Å²) >= 11 is 0. The van der Waals surface area contributed by atoms with Crippen molar-refractivity contribution in [1.29, 1.82) is 0 Å². The van der Waals surface area contributed by atoms with E-state index in [4.69, 9.17) is 9.52 Å². The van der Waals surface area contributed by atoms with Crippen molar-refractivity contribution >= 4 is 17.2 Å². The largest absolute Gasteiger partial charge is 0.512 e. The van der Waals surface area contributed by atoms with Crippen molar-refractivity contribution in [3.8, 4) is 0 Å². The molecule has 1 aromatic heterocycles. The van der Waals surface area contributed by atoms with Gasteiger partial charge in [0.1, 0.15) is 5.52 Å². The molecule has 3 nitrogen and oxygen atoms in total. The third-order valence-corrected chi connectivity index (χ3v) is 2.21. The highest BCUT2D eigenvalue weighted by atomic mass is 16.3. The van der Waals surface area contributed by atoms with Gasteiger partial charge in [0.05, 0.1) is 5.76 Å². The molecule has 0 bridgehead atoms. The second kappa shape index (κ2) is 3.77. The quantitative estimate of drug-likeness (QED) is 0.761. The topological polar surface area (TPSA) is 46.3 Å². The molecule has 0 fully saturated rings. The summed E-state index contributed by atoms with van der Waals surface area (Å²) in [6.07, 6.45) is 2.48. The van der Waals surface area contributed by atoms with E-state index in [1.807, 2.05) is 18.2 Å². The van der Waals surface area contributed by atoms with E-state index < -0.39 is 0 Å². The first-order valence-electron chi connectivity index (χ1n) is 4.96. The normalized spacial score (nSPS) is 12.3. The predicted octanol–water partition coefficient (Wildman–Crippen LogP) is 3.31. The minimum Gasteiger partial charge on any atom is -0.512 e. The lowest BCUT2D eigenvalue weighted by molar-refractivity contribution is 0.417. The third kappa shape index (κ3) is 2.01. The molecule has 0 aliphatic carbocycles. The van der Waals surface area contributed by atoms with Crippen LogP contribution in [0.25, 0.3) is 17.2 Å². The highest BCUT2D eigenvalue weighted by molar-refractivity contribution is 5.74. The second-order valence-corrected chi connectivity index (χ2v) is 3.49. The Kier molecular flexibility index (Phi) is 2.46. The molecule has 0 aliphatic heterocycles. The number of aryl methyl sites for hydroxylation is 1. The van der Waals surface area contributed by atoms with Crippen molar-refractivity contribution < 1.29 is 9.52 Å². The lowest BCUT2D eigenvalue weighted by Crippen LogP contribution is -1.78. The van der Waals surface area contributed by atoms with Gasteiger partial charge in [-0.25, -0.2) is 4.98 Å². The van der Waals surface area contributed by atoms with Crippen LogP contribution >= 0.6 is 0 Å². The van der Waals surface area contributed by atoms with Gasteiger partial charge in [0.15, 0.2) is 5.58 Å². The van der Waals surface area contributed by atoms with Crippen molar-refractivity contribution in [3.05, 3.63) is 35.4 Å². The maximum atomic E-state index is 9.09. The first-order chi connectivity index (χ1) is 7.19. The standard InChI is InChI=1S/C12H13NO2/c1-3-9-4-5-11-10(7-9)13-12(15-11)6-8(2)14/h4-7,14H,3H2,1-2H3/b8-6-. The van der Waals surface area contributed by atoms with Crippen LogP contribution in [0.2, 0.25) is 0 Å². The van der Waals surface area contributed by atoms with E-state index in [9.17, 15) is 0 Å². The van der Waals surface area contributed by atoms with Crippen LogP contribution in [0.3, 0.4) is 0 Å². The fraction of sp³-hybridized carbons (Fsp3) is 0.250. The van der Waals surface area contributed by atoms with Crippen molar-refractivity contribution in [3.63, 3.8) is 0 Å². The number of allylic oxidation sites excluding steroid dienone is 1. The summed E-state index contributed by atoms with van der Waals surface area (Å²) in [5.74, 6) is 0.635. The van der Waals surface area contributed by atoms with Crippen molar-refractivity contribution in [2.45, 2.75) is 20.3 Å². The van der Waals surface area contributed by atoms with Gasteiger partial charge in [-0.05, 0) is 31.0 Å². The van der Waals surface area contributed by atoms with Crippen LogP contribution in [0.5, 0.6) is 0 Å². The Bertz CT molecular complexity index is 507. The smallest absolute Gasteiger partial charge is 0.223 e. The molecule has 0 unspecified atom stereocenters. The van der Waals surface area contributed by atoms with Crippen LogP contribution in [0.4, 0.5) is 0 Å². The molecular formula is C12H13NO2. The van der Waals surface area contributed by atoms with Crippen LogP contribution in [-0.4, -0.2) is 10.1 Å². The lowest BCUT2D eigenvalue weighted by Gasteiger charge is -1.92. The lowest BCUT2D eigenvalue weighted by atomic mass is 10.1. The number of benzene rings is 1. The average Bonchev–Trinajstić information content (AvgIpc) is 2.57. The van der Waals surface area contributed by atoms with E-state index in [1.54, 1.807) is 6.92 Å². The summed E-state index contributed by atoms with van der Waals surface area (Å²) in [5, 5.41) is 9.09. The molecule has 15 heavy (non-hydrogen) atoms. The number of nitrogens with zero attached hydrogens (tertiary/aromatic N) is 1. The summed E-state index contributed by atoms with van der Waals surface area (Å²) in [5.41, 5.74) is 2.81. The Morgan fingerprint density at radius 1 is 1.53 bits per heavy atom. The van der Waals surface area contributed by atoms with E-state index in [1.165, 1.54) is 11.6 Å². The third-order valence-electron chi connectivity index (χ3n) is 2.21. The molecule has 0 aliphatic rings. The number of aromatic nitrogens is 1. The number of aliphatic hydroxyl groups is 1. The second-order valence-electron chi connectivity index (χ2n) is 3.49. The number of aliphatic hydroxyl groups excluding tert-OH is 1. The Balaban J connectivity index is 2.51. The van der Waals surface area contributed by atoms with E-state index in [-0.39, 0.29) is 5.76 Å². The van der Waals surface area contributed by atoms with Crippen LogP contribution < -0.4 is 0 Å². The van der Waals surface area contributed by atoms with Gasteiger partial charge < -0.3 is 9.52 Å².